The van der Waals surface area contributed by atoms with Crippen molar-refractivity contribution in [1.29, 1.82) is 0 Å². The van der Waals surface area contributed by atoms with Crippen LogP contribution in [-0.4, -0.2) is 17.4 Å². The molecule has 7 nitrogen and oxygen atoms in total. The molecule has 0 fully saturated rings. The third-order valence-electron chi connectivity index (χ3n) is 2.90. The van der Waals surface area contributed by atoms with Crippen molar-refractivity contribution in [2.75, 3.05) is 11.1 Å². The van der Waals surface area contributed by atoms with Gasteiger partial charge in [-0.15, -0.1) is 0 Å². The molecule has 0 saturated heterocycles. The molecular weight excluding hydrogens is 348 g/mol. The first-order valence-electron chi connectivity index (χ1n) is 6.37. The Morgan fingerprint density at radius 3 is 2.58 bits per heavy atom. The zero-order chi connectivity index (χ0) is 17.9. The number of ether oxygens (including phenoxy) is 1. The van der Waals surface area contributed by atoms with Crippen molar-refractivity contribution in [2.24, 2.45) is 0 Å². The number of nitrogens with zero attached hydrogens (tertiary/aromatic N) is 1. The minimum absolute atomic E-state index is 0.0000654. The van der Waals surface area contributed by atoms with Crippen LogP contribution in [0, 0.1) is 10.1 Å². The molecule has 1 amide bonds. The van der Waals surface area contributed by atoms with E-state index in [1.165, 1.54) is 24.3 Å². The maximum Gasteiger partial charge on any atom is 0.387 e. The molecule has 0 unspecified atom stereocenters. The Morgan fingerprint density at radius 2 is 2.00 bits per heavy atom. The van der Waals surface area contributed by atoms with E-state index in [0.29, 0.717) is 0 Å². The molecule has 0 bridgehead atoms. The van der Waals surface area contributed by atoms with Crippen LogP contribution in [-0.2, 0) is 0 Å². The Bertz CT molecular complexity index is 802. The van der Waals surface area contributed by atoms with E-state index >= 15 is 0 Å². The second-order valence-corrected chi connectivity index (χ2v) is 4.92. The van der Waals surface area contributed by atoms with Crippen LogP contribution in [0.2, 0.25) is 5.02 Å². The van der Waals surface area contributed by atoms with E-state index in [4.69, 9.17) is 17.3 Å². The maximum absolute atomic E-state index is 12.2. The molecule has 0 aromatic heterocycles. The molecule has 0 aliphatic rings. The molecule has 0 radical (unpaired) electrons. The number of nitrogens with two attached hydrogens (primary N) is 1. The van der Waals surface area contributed by atoms with Gasteiger partial charge < -0.3 is 15.8 Å². The quantitative estimate of drug-likeness (QED) is 0.482. The molecule has 0 aliphatic heterocycles. The third kappa shape index (κ3) is 4.07. The van der Waals surface area contributed by atoms with Gasteiger partial charge in [-0.25, -0.2) is 0 Å². The van der Waals surface area contributed by atoms with Crippen LogP contribution in [0.15, 0.2) is 36.4 Å². The van der Waals surface area contributed by atoms with Crippen LogP contribution in [0.1, 0.15) is 10.4 Å². The van der Waals surface area contributed by atoms with E-state index in [2.05, 4.69) is 10.1 Å². The number of carbonyl (C=O) groups excluding carboxylic acids is 1. The highest BCUT2D eigenvalue weighted by atomic mass is 35.5. The van der Waals surface area contributed by atoms with Gasteiger partial charge in [0.05, 0.1) is 9.95 Å². The van der Waals surface area contributed by atoms with Crippen molar-refractivity contribution < 1.29 is 23.2 Å². The van der Waals surface area contributed by atoms with Gasteiger partial charge in [0.25, 0.3) is 11.6 Å². The Balaban J connectivity index is 2.19. The van der Waals surface area contributed by atoms with Crippen molar-refractivity contribution >= 4 is 34.6 Å². The molecule has 0 saturated carbocycles. The van der Waals surface area contributed by atoms with Crippen LogP contribution in [0.4, 0.5) is 25.8 Å². The number of hydrogen-bond acceptors (Lipinski definition) is 5. The Hall–Kier alpha value is -2.94. The van der Waals surface area contributed by atoms with E-state index < -0.39 is 23.1 Å². The zero-order valence-corrected chi connectivity index (χ0v) is 12.6. The lowest BCUT2D eigenvalue weighted by Crippen LogP contribution is -2.12. The van der Waals surface area contributed by atoms with Crippen molar-refractivity contribution in [1.82, 2.24) is 0 Å². The molecule has 24 heavy (non-hydrogen) atoms. The van der Waals surface area contributed by atoms with Crippen LogP contribution < -0.4 is 15.8 Å². The minimum Gasteiger partial charge on any atom is -0.433 e. The molecule has 0 heterocycles. The van der Waals surface area contributed by atoms with Gasteiger partial charge in [0, 0.05) is 17.3 Å². The topological polar surface area (TPSA) is 107 Å². The number of halogens is 3. The SMILES string of the molecule is Nc1ccc(C(=O)Nc2ccc(OC(F)F)c(Cl)c2)cc1[N+](=O)[O-]. The number of nitro benzene ring substituents is 1. The lowest BCUT2D eigenvalue weighted by atomic mass is 10.1. The number of amides is 1. The largest absolute Gasteiger partial charge is 0.433 e. The number of alkyl halides is 2. The summed E-state index contributed by atoms with van der Waals surface area (Å²) < 4.78 is 28.5. The van der Waals surface area contributed by atoms with E-state index in [9.17, 15) is 23.7 Å². The van der Waals surface area contributed by atoms with Gasteiger partial charge in [-0.05, 0) is 30.3 Å². The Morgan fingerprint density at radius 1 is 1.29 bits per heavy atom. The average Bonchev–Trinajstić information content (AvgIpc) is 2.49. The summed E-state index contributed by atoms with van der Waals surface area (Å²) in [6.07, 6.45) is 0. The summed E-state index contributed by atoms with van der Waals surface area (Å²) in [6.45, 7) is -3.03. The highest BCUT2D eigenvalue weighted by molar-refractivity contribution is 6.32. The number of hydrogen-bond donors (Lipinski definition) is 2. The molecule has 126 valence electrons. The third-order valence-corrected chi connectivity index (χ3v) is 3.19. The standard InChI is InChI=1S/C14H10ClF2N3O4/c15-9-6-8(2-4-12(9)24-14(16)17)19-13(21)7-1-3-10(18)11(5-7)20(22)23/h1-6,14H,18H2,(H,19,21). The second-order valence-electron chi connectivity index (χ2n) is 4.51. The summed E-state index contributed by atoms with van der Waals surface area (Å²) >= 11 is 5.78. The predicted octanol–water partition coefficient (Wildman–Crippen LogP) is 3.68. The number of carbonyl (C=O) groups is 1. The molecule has 0 atom stereocenters. The fraction of sp³-hybridized carbons (Fsp3) is 0.0714. The number of nitrogens with one attached hydrogen (secondary N) is 1. The molecule has 2 aromatic carbocycles. The van der Waals surface area contributed by atoms with Gasteiger partial charge in [-0.3, -0.25) is 14.9 Å². The molecule has 0 spiro atoms. The molecule has 10 heteroatoms. The summed E-state index contributed by atoms with van der Waals surface area (Å²) in [6, 6.07) is 7.25. The van der Waals surface area contributed by atoms with Crippen molar-refractivity contribution in [2.45, 2.75) is 6.61 Å². The molecule has 0 aliphatic carbocycles. The summed E-state index contributed by atoms with van der Waals surface area (Å²) in [5.41, 5.74) is 5.18. The lowest BCUT2D eigenvalue weighted by molar-refractivity contribution is -0.383. The van der Waals surface area contributed by atoms with Gasteiger partial charge >= 0.3 is 6.61 Å². The van der Waals surface area contributed by atoms with Gasteiger partial charge in [-0.1, -0.05) is 11.6 Å². The fourth-order valence-corrected chi connectivity index (χ4v) is 2.04. The number of anilines is 2. The summed E-state index contributed by atoms with van der Waals surface area (Å²) in [5.74, 6) is -0.899. The van der Waals surface area contributed by atoms with Crippen LogP contribution >= 0.6 is 11.6 Å². The summed E-state index contributed by atoms with van der Waals surface area (Å²) in [5, 5.41) is 13.1. The van der Waals surface area contributed by atoms with Crippen LogP contribution in [0.3, 0.4) is 0 Å². The molecular formula is C14H10ClF2N3O4. The lowest BCUT2D eigenvalue weighted by Gasteiger charge is -2.10. The van der Waals surface area contributed by atoms with Crippen LogP contribution in [0.5, 0.6) is 5.75 Å². The van der Waals surface area contributed by atoms with Crippen molar-refractivity contribution in [3.8, 4) is 5.75 Å². The molecule has 2 aromatic rings. The van der Waals surface area contributed by atoms with Gasteiger partial charge in [0.1, 0.15) is 11.4 Å². The Labute approximate surface area is 139 Å². The van der Waals surface area contributed by atoms with Gasteiger partial charge in [0.2, 0.25) is 0 Å². The first kappa shape index (κ1) is 17.4. The fourth-order valence-electron chi connectivity index (χ4n) is 1.82. The zero-order valence-electron chi connectivity index (χ0n) is 11.8. The van der Waals surface area contributed by atoms with Gasteiger partial charge in [0.15, 0.2) is 0 Å². The van der Waals surface area contributed by atoms with E-state index in [1.54, 1.807) is 0 Å². The second kappa shape index (κ2) is 7.09. The van der Waals surface area contributed by atoms with E-state index in [1.807, 2.05) is 0 Å². The summed E-state index contributed by atoms with van der Waals surface area (Å²) in [4.78, 5) is 22.2. The number of benzene rings is 2. The van der Waals surface area contributed by atoms with Crippen molar-refractivity contribution in [3.05, 3.63) is 57.1 Å². The molecule has 2 rings (SSSR count). The first-order chi connectivity index (χ1) is 11.3. The van der Waals surface area contributed by atoms with Crippen molar-refractivity contribution in [3.63, 3.8) is 0 Å². The minimum atomic E-state index is -3.03. The number of rotatable bonds is 5. The number of nitro groups is 1. The smallest absolute Gasteiger partial charge is 0.387 e. The van der Waals surface area contributed by atoms with E-state index in [0.717, 1.165) is 12.1 Å². The normalized spacial score (nSPS) is 10.5. The highest BCUT2D eigenvalue weighted by Crippen LogP contribution is 2.29. The molecule has 3 N–H and O–H groups in total. The summed E-state index contributed by atoms with van der Waals surface area (Å²) in [7, 11) is 0. The predicted molar refractivity (Wildman–Crippen MR) is 83.5 cm³/mol. The maximum atomic E-state index is 12.2. The van der Waals surface area contributed by atoms with E-state index in [-0.39, 0.29) is 27.7 Å². The Kier molecular flexibility index (Phi) is 5.14. The monoisotopic (exact) mass is 357 g/mol. The van der Waals surface area contributed by atoms with Crippen LogP contribution in [0.25, 0.3) is 0 Å². The average molecular weight is 358 g/mol. The van der Waals surface area contributed by atoms with Gasteiger partial charge in [-0.2, -0.15) is 8.78 Å². The first-order valence-corrected chi connectivity index (χ1v) is 6.75. The number of nitrogen functional groups attached to an aromatic ring is 1. The highest BCUT2D eigenvalue weighted by Gasteiger charge is 2.16.